The summed E-state index contributed by atoms with van der Waals surface area (Å²) in [5.41, 5.74) is 14.3. The summed E-state index contributed by atoms with van der Waals surface area (Å²) in [7, 11) is 0. The summed E-state index contributed by atoms with van der Waals surface area (Å²) >= 11 is 0.854. The van der Waals surface area contributed by atoms with Crippen molar-refractivity contribution in [1.29, 1.82) is 0 Å². The van der Waals surface area contributed by atoms with Gasteiger partial charge in [-0.15, -0.1) is 0 Å². The van der Waals surface area contributed by atoms with Crippen LogP contribution in [0.3, 0.4) is 0 Å². The molecule has 1 aromatic carbocycles. The van der Waals surface area contributed by atoms with E-state index in [9.17, 15) is 13.6 Å². The maximum Gasteiger partial charge on any atom is 0.277 e. The number of nitrogens with one attached hydrogen (secondary N) is 1. The maximum atomic E-state index is 14.1. The molecule has 9 heteroatoms. The lowest BCUT2D eigenvalue weighted by Gasteiger charge is -2.27. The maximum absolute atomic E-state index is 14.1. The molecule has 31 heavy (non-hydrogen) atoms. The molecule has 0 aliphatic heterocycles. The molecule has 4 rings (SSSR count). The quantitative estimate of drug-likeness (QED) is 0.518. The number of hydrogen-bond donors (Lipinski definition) is 3. The zero-order valence-corrected chi connectivity index (χ0v) is 17.5. The van der Waals surface area contributed by atoms with Gasteiger partial charge in [0.1, 0.15) is 21.6 Å². The van der Waals surface area contributed by atoms with Gasteiger partial charge in [0.15, 0.2) is 5.69 Å². The van der Waals surface area contributed by atoms with Gasteiger partial charge >= 0.3 is 0 Å². The number of halogens is 2. The Bertz CT molecular complexity index is 1160. The number of benzene rings is 1. The highest BCUT2D eigenvalue weighted by Gasteiger charge is 2.25. The van der Waals surface area contributed by atoms with Crippen molar-refractivity contribution in [2.45, 2.75) is 31.7 Å². The summed E-state index contributed by atoms with van der Waals surface area (Å²) in [6.07, 6.45) is 6.86. The summed E-state index contributed by atoms with van der Waals surface area (Å²) in [5, 5.41) is 2.88. The first-order chi connectivity index (χ1) is 14.8. The Morgan fingerprint density at radius 3 is 2.71 bits per heavy atom. The number of allylic oxidation sites excluding steroid dienone is 1. The molecule has 1 amide bonds. The fourth-order valence-electron chi connectivity index (χ4n) is 3.89. The number of nitrogen functional groups attached to an aromatic ring is 1. The van der Waals surface area contributed by atoms with E-state index in [1.54, 1.807) is 12.4 Å². The van der Waals surface area contributed by atoms with Crippen molar-refractivity contribution in [1.82, 2.24) is 9.97 Å². The summed E-state index contributed by atoms with van der Waals surface area (Å²) in [6, 6.07) is 5.32. The van der Waals surface area contributed by atoms with Gasteiger partial charge in [-0.05, 0) is 49.4 Å². The number of pyridine rings is 1. The Hall–Kier alpha value is -3.17. The Kier molecular flexibility index (Phi) is 5.79. The number of amides is 1. The van der Waals surface area contributed by atoms with Gasteiger partial charge in [0.2, 0.25) is 0 Å². The summed E-state index contributed by atoms with van der Waals surface area (Å²) < 4.78 is 28.2. The monoisotopic (exact) mass is 441 g/mol. The van der Waals surface area contributed by atoms with Gasteiger partial charge in [0.25, 0.3) is 5.91 Å². The van der Waals surface area contributed by atoms with Gasteiger partial charge in [0, 0.05) is 12.2 Å². The van der Waals surface area contributed by atoms with Crippen LogP contribution in [-0.4, -0.2) is 21.9 Å². The first-order valence-electron chi connectivity index (χ1n) is 9.72. The van der Waals surface area contributed by atoms with E-state index in [-0.39, 0.29) is 33.2 Å². The molecule has 3 aromatic rings. The smallest absolute Gasteiger partial charge is 0.277 e. The summed E-state index contributed by atoms with van der Waals surface area (Å²) in [4.78, 5) is 21.1. The van der Waals surface area contributed by atoms with Crippen LogP contribution >= 0.6 is 11.3 Å². The highest BCUT2D eigenvalue weighted by atomic mass is 32.1. The summed E-state index contributed by atoms with van der Waals surface area (Å²) in [6.45, 7) is 2.03. The lowest BCUT2D eigenvalue weighted by atomic mass is 9.82. The highest BCUT2D eigenvalue weighted by Crippen LogP contribution is 2.37. The van der Waals surface area contributed by atoms with E-state index in [1.807, 2.05) is 13.0 Å². The molecular formula is C22H21F2N5OS. The van der Waals surface area contributed by atoms with E-state index in [2.05, 4.69) is 21.4 Å². The van der Waals surface area contributed by atoms with Crippen LogP contribution in [0.4, 0.5) is 19.5 Å². The fourth-order valence-corrected chi connectivity index (χ4v) is 4.77. The molecule has 0 spiro atoms. The molecule has 0 bridgehead atoms. The minimum absolute atomic E-state index is 0.00340. The Morgan fingerprint density at radius 2 is 2.00 bits per heavy atom. The third-order valence-corrected chi connectivity index (χ3v) is 6.11. The number of rotatable bonds is 4. The second-order valence-electron chi connectivity index (χ2n) is 7.56. The fraction of sp³-hybridized carbons (Fsp3) is 0.227. The van der Waals surface area contributed by atoms with E-state index >= 15 is 0 Å². The molecule has 2 heterocycles. The average Bonchev–Trinajstić information content (AvgIpc) is 3.09. The second kappa shape index (κ2) is 8.52. The highest BCUT2D eigenvalue weighted by molar-refractivity contribution is 7.19. The average molecular weight is 442 g/mol. The normalized spacial score (nSPS) is 18.5. The number of carbonyl (C=O) groups is 1. The van der Waals surface area contributed by atoms with Crippen LogP contribution in [0.5, 0.6) is 0 Å². The standard InChI is InChI=1S/C22H21F2N5OS/c1-11-7-12(9-13(25)8-11)14-5-6-27-10-17(14)28-21(30)19-20(26)31-22(29-19)18-15(23)3-2-4-16(18)24/h2-6,8,10,12-13H,7,9,25-26H2,1H3,(H,28,30)/t12-,13+/m1/s1. The number of thiazole rings is 1. The molecule has 6 nitrogen and oxygen atoms in total. The van der Waals surface area contributed by atoms with E-state index < -0.39 is 17.5 Å². The van der Waals surface area contributed by atoms with Gasteiger partial charge in [-0.25, -0.2) is 13.8 Å². The molecule has 0 saturated heterocycles. The lowest BCUT2D eigenvalue weighted by molar-refractivity contribution is 0.102. The van der Waals surface area contributed by atoms with Crippen LogP contribution < -0.4 is 16.8 Å². The first-order valence-corrected chi connectivity index (χ1v) is 10.5. The third-order valence-electron chi connectivity index (χ3n) is 5.21. The topological polar surface area (TPSA) is 107 Å². The molecule has 1 aliphatic carbocycles. The van der Waals surface area contributed by atoms with Crippen molar-refractivity contribution < 1.29 is 13.6 Å². The van der Waals surface area contributed by atoms with Crippen molar-refractivity contribution in [3.63, 3.8) is 0 Å². The van der Waals surface area contributed by atoms with E-state index in [1.165, 1.54) is 11.6 Å². The minimum atomic E-state index is -0.771. The van der Waals surface area contributed by atoms with Crippen molar-refractivity contribution in [2.75, 3.05) is 11.1 Å². The minimum Gasteiger partial charge on any atom is -0.389 e. The number of anilines is 2. The number of nitrogens with zero attached hydrogens (tertiary/aromatic N) is 2. The molecule has 0 radical (unpaired) electrons. The number of aromatic nitrogens is 2. The number of nitrogens with two attached hydrogens (primary N) is 2. The van der Waals surface area contributed by atoms with Crippen molar-refractivity contribution in [2.24, 2.45) is 5.73 Å². The van der Waals surface area contributed by atoms with E-state index in [0.29, 0.717) is 5.69 Å². The van der Waals surface area contributed by atoms with Gasteiger partial charge in [-0.3, -0.25) is 9.78 Å². The van der Waals surface area contributed by atoms with E-state index in [4.69, 9.17) is 11.5 Å². The number of hydrogen-bond acceptors (Lipinski definition) is 6. The van der Waals surface area contributed by atoms with Gasteiger partial charge in [-0.2, -0.15) is 0 Å². The molecule has 0 fully saturated rings. The molecule has 2 aromatic heterocycles. The zero-order chi connectivity index (χ0) is 22.1. The van der Waals surface area contributed by atoms with Crippen molar-refractivity contribution in [3.05, 3.63) is 71.2 Å². The van der Waals surface area contributed by atoms with Gasteiger partial charge < -0.3 is 16.8 Å². The van der Waals surface area contributed by atoms with Crippen LogP contribution in [0, 0.1) is 11.6 Å². The van der Waals surface area contributed by atoms with Crippen LogP contribution in [0.2, 0.25) is 0 Å². The first kappa shape index (κ1) is 21.1. The van der Waals surface area contributed by atoms with E-state index in [0.717, 1.165) is 41.9 Å². The zero-order valence-electron chi connectivity index (χ0n) is 16.7. The molecular weight excluding hydrogens is 420 g/mol. The van der Waals surface area contributed by atoms with Crippen molar-refractivity contribution >= 4 is 27.9 Å². The largest absolute Gasteiger partial charge is 0.389 e. The third kappa shape index (κ3) is 4.33. The van der Waals surface area contributed by atoms with Crippen molar-refractivity contribution in [3.8, 4) is 10.6 Å². The molecule has 2 atom stereocenters. The van der Waals surface area contributed by atoms with Crippen LogP contribution in [0.15, 0.2) is 48.3 Å². The van der Waals surface area contributed by atoms with Crippen LogP contribution in [0.1, 0.15) is 41.7 Å². The molecule has 5 N–H and O–H groups in total. The molecule has 160 valence electrons. The molecule has 0 saturated carbocycles. The predicted molar refractivity (Wildman–Crippen MR) is 118 cm³/mol. The number of carbonyl (C=O) groups excluding carboxylic acids is 1. The molecule has 1 aliphatic rings. The Balaban J connectivity index is 1.62. The van der Waals surface area contributed by atoms with Crippen LogP contribution in [-0.2, 0) is 0 Å². The second-order valence-corrected chi connectivity index (χ2v) is 8.59. The SMILES string of the molecule is CC1=C[C@H](N)C[C@H](c2ccncc2NC(=O)c2nc(-c3c(F)cccc3F)sc2N)C1. The lowest BCUT2D eigenvalue weighted by Crippen LogP contribution is -2.25. The molecule has 0 unspecified atom stereocenters. The Labute approximate surface area is 182 Å². The van der Waals surface area contributed by atoms with Crippen LogP contribution in [0.25, 0.3) is 10.6 Å². The summed E-state index contributed by atoms with van der Waals surface area (Å²) in [5.74, 6) is -1.98. The van der Waals surface area contributed by atoms with Gasteiger partial charge in [-0.1, -0.05) is 29.1 Å². The van der Waals surface area contributed by atoms with Gasteiger partial charge in [0.05, 0.1) is 17.4 Å². The Morgan fingerprint density at radius 1 is 1.26 bits per heavy atom. The predicted octanol–water partition coefficient (Wildman–Crippen LogP) is 4.47.